The number of hydrogen-bond acceptors (Lipinski definition) is 20. The van der Waals surface area contributed by atoms with Crippen LogP contribution in [-0.4, -0.2) is 195 Å². The quantitative estimate of drug-likeness (QED) is 0.0679. The zero-order valence-electron chi connectivity index (χ0n) is 40.5. The molecular weight excluding hydrogens is 933 g/mol. The fraction of sp³-hybridized carbons (Fsp3) is 0.957. The Bertz CT molecular complexity index is 2020. The normalized spacial score (nSPS) is 54.6. The molecule has 5 heterocycles. The van der Waals surface area contributed by atoms with Crippen LogP contribution in [0, 0.1) is 51.2 Å². The van der Waals surface area contributed by atoms with E-state index in [1.165, 1.54) is 0 Å². The minimum absolute atomic E-state index is 0.117. The van der Waals surface area contributed by atoms with Crippen molar-refractivity contribution in [2.24, 2.45) is 51.2 Å². The molecule has 25 atom stereocenters. The van der Waals surface area contributed by atoms with E-state index in [1.54, 1.807) is 0 Å². The molecule has 0 aromatic rings. The van der Waals surface area contributed by atoms with Crippen molar-refractivity contribution in [2.45, 2.75) is 197 Å². The van der Waals surface area contributed by atoms with Gasteiger partial charge in [-0.25, -0.2) is 4.18 Å². The molecule has 25 unspecified atom stereocenters. The number of aliphatic hydroxyl groups excluding tert-OH is 8. The van der Waals surface area contributed by atoms with E-state index in [1.807, 2.05) is 20.8 Å². The highest BCUT2D eigenvalue weighted by Gasteiger charge is 2.81. The Kier molecular flexibility index (Phi) is 14.0. The maximum atomic E-state index is 12.5. The van der Waals surface area contributed by atoms with Crippen molar-refractivity contribution in [1.82, 2.24) is 0 Å². The Hall–Kier alpha value is -1.07. The summed E-state index contributed by atoms with van der Waals surface area (Å²) in [4.78, 5) is 0. The number of ether oxygens (including phenoxy) is 8. The van der Waals surface area contributed by atoms with Crippen LogP contribution < -0.4 is 0 Å². The molecule has 0 aromatic carbocycles. The Balaban J connectivity index is 0.989. The second-order valence-electron chi connectivity index (χ2n) is 23.4. The van der Waals surface area contributed by atoms with Gasteiger partial charge in [-0.15, -0.1) is 0 Å². The lowest BCUT2D eigenvalue weighted by atomic mass is 9.35. The van der Waals surface area contributed by atoms with Gasteiger partial charge < -0.3 is 83.9 Å². The summed E-state index contributed by atoms with van der Waals surface area (Å²) in [6.45, 7) is 13.7. The van der Waals surface area contributed by atoms with Crippen LogP contribution in [0.5, 0.6) is 0 Å². The zero-order valence-corrected chi connectivity index (χ0v) is 41.3. The topological polar surface area (TPSA) is 320 Å². The van der Waals surface area contributed by atoms with Crippen molar-refractivity contribution in [3.8, 4) is 0 Å². The summed E-state index contributed by atoms with van der Waals surface area (Å²) in [7, 11) is -5.04. The third-order valence-electron chi connectivity index (χ3n) is 19.3. The van der Waals surface area contributed by atoms with Crippen LogP contribution in [0.3, 0.4) is 0 Å². The summed E-state index contributed by atoms with van der Waals surface area (Å²) in [5.74, 6) is -0.526. The van der Waals surface area contributed by atoms with Gasteiger partial charge in [0.15, 0.2) is 24.7 Å². The first-order valence-corrected chi connectivity index (χ1v) is 26.1. The maximum Gasteiger partial charge on any atom is 0.397 e. The van der Waals surface area contributed by atoms with Gasteiger partial charge in [0, 0.05) is 23.7 Å². The van der Waals surface area contributed by atoms with Gasteiger partial charge in [0.1, 0.15) is 67.1 Å². The van der Waals surface area contributed by atoms with E-state index in [9.17, 15) is 58.9 Å². The maximum absolute atomic E-state index is 12.5. The highest BCUT2D eigenvalue weighted by molar-refractivity contribution is 7.80. The number of allylic oxidation sites excluding steroid dienone is 1. The van der Waals surface area contributed by atoms with Crippen molar-refractivity contribution < 1.29 is 101 Å². The third-order valence-corrected chi connectivity index (χ3v) is 19.7. The van der Waals surface area contributed by atoms with Gasteiger partial charge in [-0.05, 0) is 93.3 Å². The van der Waals surface area contributed by atoms with Crippen LogP contribution >= 0.6 is 0 Å². The molecule has 0 radical (unpaired) electrons. The predicted octanol–water partition coefficient (Wildman–Crippen LogP) is -0.349. The minimum Gasteiger partial charge on any atom is -0.394 e. The van der Waals surface area contributed by atoms with Crippen molar-refractivity contribution in [1.29, 1.82) is 0 Å². The average molecular weight is 1010 g/mol. The van der Waals surface area contributed by atoms with E-state index in [0.717, 1.165) is 44.1 Å². The Morgan fingerprint density at radius 2 is 1.30 bits per heavy atom. The van der Waals surface area contributed by atoms with E-state index < -0.39 is 139 Å². The highest BCUT2D eigenvalue weighted by atomic mass is 32.3. The second-order valence-corrected chi connectivity index (χ2v) is 24.5. The van der Waals surface area contributed by atoms with Gasteiger partial charge in [0.05, 0.1) is 44.7 Å². The van der Waals surface area contributed by atoms with Gasteiger partial charge in [-0.3, -0.25) is 4.55 Å². The van der Waals surface area contributed by atoms with Crippen molar-refractivity contribution in [3.63, 3.8) is 0 Å². The first kappa shape index (κ1) is 52.8. The molecule has 69 heavy (non-hydrogen) atoms. The molecule has 21 nitrogen and oxygen atoms in total. The summed E-state index contributed by atoms with van der Waals surface area (Å²) in [5.41, 5.74) is -0.933. The molecule has 2 bridgehead atoms. The Labute approximate surface area is 403 Å². The van der Waals surface area contributed by atoms with E-state index in [0.29, 0.717) is 25.6 Å². The smallest absolute Gasteiger partial charge is 0.394 e. The number of fused-ring (bicyclic) bond motifs is 4. The van der Waals surface area contributed by atoms with Crippen molar-refractivity contribution in [3.05, 3.63) is 11.6 Å². The van der Waals surface area contributed by atoms with Crippen LogP contribution in [0.2, 0.25) is 0 Å². The van der Waals surface area contributed by atoms with E-state index in [2.05, 4.69) is 38.0 Å². The van der Waals surface area contributed by atoms with E-state index in [4.69, 9.17) is 37.9 Å². The van der Waals surface area contributed by atoms with Crippen molar-refractivity contribution >= 4 is 10.4 Å². The SMILES string of the molecule is CC(C)=CC1COC23CC4(CO2)C(CCC2C5(C)CCC(OC6OC(CO)C(O)C(OC7OC(COS(=O)(=O)O)C(O)C(O)C7O)C6OC6OC(CO)C(O)C6O)C(C)(C)C5CCC24C)C3C1(C)O. The minimum atomic E-state index is -5.04. The van der Waals surface area contributed by atoms with Crippen LogP contribution in [-0.2, 0) is 52.5 Å². The molecule has 4 saturated carbocycles. The van der Waals surface area contributed by atoms with Gasteiger partial charge in [0.2, 0.25) is 0 Å². The first-order valence-electron chi connectivity index (χ1n) is 24.7. The summed E-state index contributed by atoms with van der Waals surface area (Å²) in [6, 6.07) is 0. The molecule has 5 aliphatic heterocycles. The lowest BCUT2D eigenvalue weighted by molar-refractivity contribution is -0.387. The van der Waals surface area contributed by atoms with Gasteiger partial charge in [0.25, 0.3) is 0 Å². The van der Waals surface area contributed by atoms with Crippen LogP contribution in [0.15, 0.2) is 11.6 Å². The van der Waals surface area contributed by atoms with Gasteiger partial charge in [-0.1, -0.05) is 39.3 Å². The molecule has 5 saturated heterocycles. The third kappa shape index (κ3) is 8.34. The number of aliphatic hydroxyl groups is 9. The van der Waals surface area contributed by atoms with E-state index in [-0.39, 0.29) is 39.9 Å². The monoisotopic (exact) mass is 1010 g/mol. The summed E-state index contributed by atoms with van der Waals surface area (Å²) < 4.78 is 86.9. The van der Waals surface area contributed by atoms with Gasteiger partial charge in [-0.2, -0.15) is 8.42 Å². The van der Waals surface area contributed by atoms with Crippen molar-refractivity contribution in [2.75, 3.05) is 33.0 Å². The average Bonchev–Trinajstić information content (AvgIpc) is 3.90. The lowest BCUT2D eigenvalue weighted by Crippen LogP contribution is -2.68. The van der Waals surface area contributed by atoms with Crippen LogP contribution in [0.4, 0.5) is 0 Å². The molecule has 9 rings (SSSR count). The fourth-order valence-electron chi connectivity index (χ4n) is 16.0. The molecule has 0 aromatic heterocycles. The zero-order chi connectivity index (χ0) is 50.2. The first-order chi connectivity index (χ1) is 32.2. The number of rotatable bonds is 12. The molecule has 2 spiro atoms. The second kappa shape index (κ2) is 18.3. The number of hydrogen-bond donors (Lipinski definition) is 10. The van der Waals surface area contributed by atoms with Crippen LogP contribution in [0.25, 0.3) is 0 Å². The molecular formula is C47H76O21S. The summed E-state index contributed by atoms with van der Waals surface area (Å²) in [6.07, 6.45) is -16.7. The Morgan fingerprint density at radius 3 is 1.94 bits per heavy atom. The Morgan fingerprint density at radius 1 is 0.696 bits per heavy atom. The lowest BCUT2D eigenvalue weighted by Gasteiger charge is -2.70. The predicted molar refractivity (Wildman–Crippen MR) is 235 cm³/mol. The molecule has 9 aliphatic rings. The summed E-state index contributed by atoms with van der Waals surface area (Å²) in [5, 5.41) is 98.9. The van der Waals surface area contributed by atoms with Gasteiger partial charge >= 0.3 is 10.4 Å². The molecule has 4 aliphatic carbocycles. The van der Waals surface area contributed by atoms with Crippen LogP contribution in [0.1, 0.15) is 93.4 Å². The molecule has 9 fully saturated rings. The molecule has 22 heteroatoms. The fourth-order valence-corrected chi connectivity index (χ4v) is 16.3. The highest BCUT2D eigenvalue weighted by Crippen LogP contribution is 2.80. The largest absolute Gasteiger partial charge is 0.397 e. The van der Waals surface area contributed by atoms with E-state index >= 15 is 0 Å². The summed E-state index contributed by atoms with van der Waals surface area (Å²) >= 11 is 0. The molecule has 0 amide bonds. The molecule has 10 N–H and O–H groups in total. The molecule has 396 valence electrons. The standard InChI is InChI=1S/C47H76O21S/c1-21(2)14-22-17-60-47-19-46(20-61-47)23(38(47)45(22,7)56)8-9-28-43(5)12-11-29(42(3,4)27(43)10-13-44(28,46)6)66-41-37(68-39-34(54)30(50)24(15-48)63-39)36(32(52)25(16-49)64-41)67-40-35(55)33(53)31(51)26(65-40)18-62-69(57,58)59/h14,22-41,48-56H,8-13,15-20H2,1-7H3,(H,57,58,59).